The molecule has 1 aromatic rings. The fourth-order valence-corrected chi connectivity index (χ4v) is 0.959. The molecule has 1 rings (SSSR count). The summed E-state index contributed by atoms with van der Waals surface area (Å²) in [7, 11) is 1.80. The second-order valence-corrected chi connectivity index (χ2v) is 2.72. The highest BCUT2D eigenvalue weighted by Crippen LogP contribution is 2.20. The van der Waals surface area contributed by atoms with Gasteiger partial charge in [-0.15, -0.1) is 0 Å². The van der Waals surface area contributed by atoms with Gasteiger partial charge in [0.1, 0.15) is 0 Å². The van der Waals surface area contributed by atoms with Crippen LogP contribution in [0, 0.1) is 5.82 Å². The Hall–Kier alpha value is -1.09. The lowest BCUT2D eigenvalue weighted by Gasteiger charge is -2.10. The highest BCUT2D eigenvalue weighted by atomic mass is 19.1. The van der Waals surface area contributed by atoms with Gasteiger partial charge in [-0.25, -0.2) is 4.39 Å². The summed E-state index contributed by atoms with van der Waals surface area (Å²) < 4.78 is 12.8. The van der Waals surface area contributed by atoms with Crippen molar-refractivity contribution in [2.45, 2.75) is 13.0 Å². The molecule has 0 aromatic heterocycles. The Bertz CT molecular complexity index is 275. The fraction of sp³-hybridized carbons (Fsp3) is 0.333. The van der Waals surface area contributed by atoms with E-state index in [2.05, 4.69) is 5.32 Å². The minimum absolute atomic E-state index is 0.0973. The molecule has 66 valence electrons. The average molecular weight is 169 g/mol. The van der Waals surface area contributed by atoms with Gasteiger partial charge in [-0.3, -0.25) is 0 Å². The van der Waals surface area contributed by atoms with E-state index in [0.717, 1.165) is 5.56 Å². The first-order valence-corrected chi connectivity index (χ1v) is 3.81. The fourth-order valence-electron chi connectivity index (χ4n) is 0.959. The van der Waals surface area contributed by atoms with Crippen molar-refractivity contribution in [3.8, 4) is 5.75 Å². The van der Waals surface area contributed by atoms with Crippen LogP contribution in [0.5, 0.6) is 5.75 Å². The quantitative estimate of drug-likeness (QED) is 0.707. The van der Waals surface area contributed by atoms with E-state index >= 15 is 0 Å². The number of rotatable bonds is 2. The van der Waals surface area contributed by atoms with Gasteiger partial charge in [-0.2, -0.15) is 0 Å². The van der Waals surface area contributed by atoms with Gasteiger partial charge in [0.05, 0.1) is 0 Å². The molecule has 1 aromatic carbocycles. The summed E-state index contributed by atoms with van der Waals surface area (Å²) in [4.78, 5) is 0. The van der Waals surface area contributed by atoms with Crippen molar-refractivity contribution in [1.82, 2.24) is 5.32 Å². The maximum absolute atomic E-state index is 12.8. The van der Waals surface area contributed by atoms with Crippen LogP contribution in [-0.2, 0) is 0 Å². The molecule has 2 nitrogen and oxygen atoms in total. The number of nitrogens with one attached hydrogen (secondary N) is 1. The lowest BCUT2D eigenvalue weighted by molar-refractivity contribution is 0.431. The first-order chi connectivity index (χ1) is 5.65. The summed E-state index contributed by atoms with van der Waals surface area (Å²) in [6.45, 7) is 1.92. The first kappa shape index (κ1) is 9.00. The third-order valence-corrected chi connectivity index (χ3v) is 1.90. The van der Waals surface area contributed by atoms with E-state index in [1.54, 1.807) is 13.1 Å². The molecule has 0 saturated carbocycles. The first-order valence-electron chi connectivity index (χ1n) is 3.81. The number of hydrogen-bond donors (Lipinski definition) is 2. The van der Waals surface area contributed by atoms with Gasteiger partial charge in [0, 0.05) is 6.04 Å². The summed E-state index contributed by atoms with van der Waals surface area (Å²) in [6.07, 6.45) is 0. The molecular formula is C9H12FNO. The van der Waals surface area contributed by atoms with Crippen LogP contribution < -0.4 is 5.32 Å². The van der Waals surface area contributed by atoms with Crippen LogP contribution in [-0.4, -0.2) is 12.2 Å². The number of benzene rings is 1. The van der Waals surface area contributed by atoms with Crippen molar-refractivity contribution >= 4 is 0 Å². The highest BCUT2D eigenvalue weighted by Gasteiger charge is 2.05. The Morgan fingerprint density at radius 2 is 2.17 bits per heavy atom. The number of phenols is 1. The van der Waals surface area contributed by atoms with Gasteiger partial charge in [0.25, 0.3) is 0 Å². The largest absolute Gasteiger partial charge is 0.505 e. The van der Waals surface area contributed by atoms with E-state index < -0.39 is 5.82 Å². The minimum Gasteiger partial charge on any atom is -0.505 e. The molecule has 0 bridgehead atoms. The molecule has 2 N–H and O–H groups in total. The molecule has 0 fully saturated rings. The Balaban J connectivity index is 2.96. The van der Waals surface area contributed by atoms with Crippen LogP contribution in [0.25, 0.3) is 0 Å². The van der Waals surface area contributed by atoms with E-state index in [0.29, 0.717) is 0 Å². The Kier molecular flexibility index (Phi) is 2.65. The van der Waals surface area contributed by atoms with Crippen molar-refractivity contribution in [3.63, 3.8) is 0 Å². The van der Waals surface area contributed by atoms with E-state index in [1.807, 2.05) is 6.92 Å². The molecule has 0 aliphatic carbocycles. The van der Waals surface area contributed by atoms with Crippen molar-refractivity contribution in [3.05, 3.63) is 29.6 Å². The second-order valence-electron chi connectivity index (χ2n) is 2.72. The topological polar surface area (TPSA) is 32.3 Å². The lowest BCUT2D eigenvalue weighted by Crippen LogP contribution is -2.12. The predicted molar refractivity (Wildman–Crippen MR) is 45.5 cm³/mol. The Morgan fingerprint density at radius 1 is 1.50 bits per heavy atom. The van der Waals surface area contributed by atoms with Crippen molar-refractivity contribution in [2.24, 2.45) is 0 Å². The molecule has 0 radical (unpaired) electrons. The average Bonchev–Trinajstić information content (AvgIpc) is 2.08. The molecule has 0 saturated heterocycles. The minimum atomic E-state index is -0.574. The summed E-state index contributed by atoms with van der Waals surface area (Å²) in [5.74, 6) is -0.878. The normalized spacial score (nSPS) is 12.9. The summed E-state index contributed by atoms with van der Waals surface area (Å²) >= 11 is 0. The molecule has 12 heavy (non-hydrogen) atoms. The van der Waals surface area contributed by atoms with E-state index in [-0.39, 0.29) is 11.8 Å². The molecule has 0 spiro atoms. The lowest BCUT2D eigenvalue weighted by atomic mass is 10.1. The molecule has 0 heterocycles. The van der Waals surface area contributed by atoms with Crippen LogP contribution >= 0.6 is 0 Å². The van der Waals surface area contributed by atoms with Gasteiger partial charge in [-0.05, 0) is 31.7 Å². The van der Waals surface area contributed by atoms with Crippen molar-refractivity contribution in [1.29, 1.82) is 0 Å². The van der Waals surface area contributed by atoms with Gasteiger partial charge in [0.15, 0.2) is 11.6 Å². The van der Waals surface area contributed by atoms with Gasteiger partial charge < -0.3 is 10.4 Å². The number of halogens is 1. The molecular weight excluding hydrogens is 157 g/mol. The maximum atomic E-state index is 12.8. The second kappa shape index (κ2) is 3.54. The summed E-state index contributed by atoms with van der Waals surface area (Å²) in [6, 6.07) is 4.48. The monoisotopic (exact) mass is 169 g/mol. The van der Waals surface area contributed by atoms with E-state index in [1.165, 1.54) is 12.1 Å². The zero-order chi connectivity index (χ0) is 9.14. The smallest absolute Gasteiger partial charge is 0.165 e. The van der Waals surface area contributed by atoms with E-state index in [9.17, 15) is 4.39 Å². The predicted octanol–water partition coefficient (Wildman–Crippen LogP) is 1.81. The third-order valence-electron chi connectivity index (χ3n) is 1.90. The standard InChI is InChI=1S/C9H12FNO/c1-6(11-2)7-3-4-9(12)8(10)5-7/h3-6,11-12H,1-2H3/t6-/m1/s1. The SMILES string of the molecule is CN[C@H](C)c1ccc(O)c(F)c1. The van der Waals surface area contributed by atoms with Crippen LogP contribution in [0.2, 0.25) is 0 Å². The summed E-state index contributed by atoms with van der Waals surface area (Å²) in [5, 5.41) is 11.9. The van der Waals surface area contributed by atoms with Crippen LogP contribution in [0.4, 0.5) is 4.39 Å². The molecule has 1 atom stereocenters. The molecule has 0 unspecified atom stereocenters. The van der Waals surface area contributed by atoms with Crippen molar-refractivity contribution in [2.75, 3.05) is 7.05 Å². The number of aromatic hydroxyl groups is 1. The van der Waals surface area contributed by atoms with Crippen LogP contribution in [0.3, 0.4) is 0 Å². The molecule has 3 heteroatoms. The third kappa shape index (κ3) is 1.74. The van der Waals surface area contributed by atoms with E-state index in [4.69, 9.17) is 5.11 Å². The van der Waals surface area contributed by atoms with Gasteiger partial charge in [0.2, 0.25) is 0 Å². The Labute approximate surface area is 71.0 Å². The molecule has 0 amide bonds. The van der Waals surface area contributed by atoms with Crippen LogP contribution in [0.1, 0.15) is 18.5 Å². The number of phenolic OH excluding ortho intramolecular Hbond substituents is 1. The van der Waals surface area contributed by atoms with Gasteiger partial charge >= 0.3 is 0 Å². The number of hydrogen-bond acceptors (Lipinski definition) is 2. The Morgan fingerprint density at radius 3 is 2.67 bits per heavy atom. The highest BCUT2D eigenvalue weighted by molar-refractivity contribution is 5.29. The summed E-state index contributed by atoms with van der Waals surface area (Å²) in [5.41, 5.74) is 0.827. The zero-order valence-electron chi connectivity index (χ0n) is 7.13. The van der Waals surface area contributed by atoms with Crippen molar-refractivity contribution < 1.29 is 9.50 Å². The molecule has 0 aliphatic rings. The van der Waals surface area contributed by atoms with Crippen LogP contribution in [0.15, 0.2) is 18.2 Å². The maximum Gasteiger partial charge on any atom is 0.165 e. The molecule has 0 aliphatic heterocycles. The van der Waals surface area contributed by atoms with Gasteiger partial charge in [-0.1, -0.05) is 6.07 Å². The zero-order valence-corrected chi connectivity index (χ0v) is 7.13.